The topological polar surface area (TPSA) is 21.6 Å². The molecule has 0 radical (unpaired) electrons. The Balaban J connectivity index is 1.97. The Bertz CT molecular complexity index is 579. The van der Waals surface area contributed by atoms with E-state index in [2.05, 4.69) is 5.16 Å². The maximum absolute atomic E-state index is 13.2. The van der Waals surface area contributed by atoms with Crippen LogP contribution in [0, 0.1) is 17.5 Å². The van der Waals surface area contributed by atoms with E-state index in [9.17, 15) is 13.2 Å². The summed E-state index contributed by atoms with van der Waals surface area (Å²) in [7, 11) is 0. The second-order valence-electron chi connectivity index (χ2n) is 3.76. The fraction of sp³-hybridized carbons (Fsp3) is 0.0714. The van der Waals surface area contributed by atoms with Crippen molar-refractivity contribution in [2.75, 3.05) is 0 Å². The summed E-state index contributed by atoms with van der Waals surface area (Å²) in [6.07, 6.45) is 1.27. The monoisotopic (exact) mass is 265 g/mol. The molecule has 19 heavy (non-hydrogen) atoms. The van der Waals surface area contributed by atoms with Crippen molar-refractivity contribution in [3.05, 3.63) is 71.0 Å². The number of hydrogen-bond donors (Lipinski definition) is 0. The lowest BCUT2D eigenvalue weighted by molar-refractivity contribution is 0.126. The van der Waals surface area contributed by atoms with Gasteiger partial charge < -0.3 is 4.84 Å². The van der Waals surface area contributed by atoms with Gasteiger partial charge in [-0.05, 0) is 29.8 Å². The summed E-state index contributed by atoms with van der Waals surface area (Å²) in [5, 5.41) is 3.54. The molecule has 98 valence electrons. The molecule has 0 atom stereocenters. The largest absolute Gasteiger partial charge is 0.391 e. The molecular formula is C14H10F3NO. The van der Waals surface area contributed by atoms with E-state index >= 15 is 0 Å². The summed E-state index contributed by atoms with van der Waals surface area (Å²) in [6.45, 7) is -0.329. The first-order valence-corrected chi connectivity index (χ1v) is 5.50. The average molecular weight is 265 g/mol. The van der Waals surface area contributed by atoms with Crippen LogP contribution >= 0.6 is 0 Å². The molecule has 2 nitrogen and oxygen atoms in total. The number of benzene rings is 2. The van der Waals surface area contributed by atoms with Gasteiger partial charge in [-0.2, -0.15) is 0 Å². The van der Waals surface area contributed by atoms with Crippen LogP contribution in [-0.2, 0) is 11.4 Å². The van der Waals surface area contributed by atoms with Crippen molar-refractivity contribution in [1.82, 2.24) is 0 Å². The van der Waals surface area contributed by atoms with Gasteiger partial charge in [0, 0.05) is 0 Å². The summed E-state index contributed by atoms with van der Waals surface area (Å²) < 4.78 is 39.3. The van der Waals surface area contributed by atoms with Gasteiger partial charge in [-0.1, -0.05) is 23.4 Å². The minimum atomic E-state index is -0.694. The molecular weight excluding hydrogens is 255 g/mol. The summed E-state index contributed by atoms with van der Waals surface area (Å²) in [4.78, 5) is 4.79. The van der Waals surface area contributed by atoms with E-state index in [0.717, 1.165) is 12.1 Å². The molecule has 0 aliphatic carbocycles. The molecule has 5 heteroatoms. The molecule has 0 unspecified atom stereocenters. The normalized spacial score (nSPS) is 10.9. The summed E-state index contributed by atoms with van der Waals surface area (Å²) >= 11 is 0. The predicted octanol–water partition coefficient (Wildman–Crippen LogP) is 3.65. The van der Waals surface area contributed by atoms with Crippen molar-refractivity contribution in [2.24, 2.45) is 5.16 Å². The van der Waals surface area contributed by atoms with Crippen LogP contribution in [-0.4, -0.2) is 6.21 Å². The highest BCUT2D eigenvalue weighted by molar-refractivity contribution is 5.78. The summed E-state index contributed by atoms with van der Waals surface area (Å²) in [6, 6.07) is 9.25. The Morgan fingerprint density at radius 3 is 2.37 bits per heavy atom. The van der Waals surface area contributed by atoms with Crippen LogP contribution in [0.3, 0.4) is 0 Å². The highest BCUT2D eigenvalue weighted by atomic mass is 19.1. The summed E-state index contributed by atoms with van der Waals surface area (Å²) in [5.41, 5.74) is 0.299. The zero-order valence-corrected chi connectivity index (χ0v) is 9.82. The third-order valence-electron chi connectivity index (χ3n) is 2.40. The van der Waals surface area contributed by atoms with Crippen LogP contribution in [0.15, 0.2) is 47.6 Å². The van der Waals surface area contributed by atoms with Crippen LogP contribution in [0.1, 0.15) is 11.1 Å². The van der Waals surface area contributed by atoms with E-state index in [-0.39, 0.29) is 12.2 Å². The van der Waals surface area contributed by atoms with E-state index in [1.54, 1.807) is 6.07 Å². The molecule has 2 aromatic rings. The number of hydrogen-bond acceptors (Lipinski definition) is 2. The van der Waals surface area contributed by atoms with Gasteiger partial charge >= 0.3 is 0 Å². The molecule has 0 amide bonds. The Morgan fingerprint density at radius 2 is 1.68 bits per heavy atom. The molecule has 0 N–H and O–H groups in total. The van der Waals surface area contributed by atoms with Gasteiger partial charge in [0.1, 0.15) is 24.1 Å². The van der Waals surface area contributed by atoms with E-state index in [1.165, 1.54) is 30.5 Å². The van der Waals surface area contributed by atoms with Gasteiger partial charge in [0.25, 0.3) is 0 Å². The van der Waals surface area contributed by atoms with Crippen molar-refractivity contribution >= 4 is 6.21 Å². The fourth-order valence-electron chi connectivity index (χ4n) is 1.46. The van der Waals surface area contributed by atoms with E-state index in [0.29, 0.717) is 5.56 Å². The third kappa shape index (κ3) is 3.58. The minimum absolute atomic E-state index is 0.195. The zero-order valence-electron chi connectivity index (χ0n) is 9.82. The highest BCUT2D eigenvalue weighted by Crippen LogP contribution is 2.13. The lowest BCUT2D eigenvalue weighted by atomic mass is 10.2. The molecule has 2 rings (SSSR count). The lowest BCUT2D eigenvalue weighted by Gasteiger charge is -2.02. The average Bonchev–Trinajstić information content (AvgIpc) is 2.37. The first-order chi connectivity index (χ1) is 9.16. The van der Waals surface area contributed by atoms with Crippen LogP contribution in [0.5, 0.6) is 0 Å². The molecule has 0 fully saturated rings. The van der Waals surface area contributed by atoms with Crippen molar-refractivity contribution in [3.8, 4) is 0 Å². The van der Waals surface area contributed by atoms with Crippen LogP contribution in [0.25, 0.3) is 0 Å². The number of oxime groups is 1. The van der Waals surface area contributed by atoms with Crippen molar-refractivity contribution in [3.63, 3.8) is 0 Å². The smallest absolute Gasteiger partial charge is 0.147 e. The molecule has 0 heterocycles. The standard InChI is InChI=1S/C14H10F3NO/c15-11-4-1-3-10(7-11)8-18-19-9-12-13(16)5-2-6-14(12)17/h1-8H,9H2. The van der Waals surface area contributed by atoms with Crippen molar-refractivity contribution < 1.29 is 18.0 Å². The van der Waals surface area contributed by atoms with Crippen LogP contribution < -0.4 is 0 Å². The molecule has 2 aromatic carbocycles. The maximum Gasteiger partial charge on any atom is 0.147 e. The molecule has 0 aliphatic rings. The SMILES string of the molecule is Fc1cccc(C=NOCc2c(F)cccc2F)c1. The van der Waals surface area contributed by atoms with Crippen molar-refractivity contribution in [1.29, 1.82) is 0 Å². The van der Waals surface area contributed by atoms with Gasteiger partial charge in [-0.15, -0.1) is 0 Å². The van der Waals surface area contributed by atoms with Gasteiger partial charge in [-0.25, -0.2) is 13.2 Å². The second-order valence-corrected chi connectivity index (χ2v) is 3.76. The van der Waals surface area contributed by atoms with Gasteiger partial charge in [0.05, 0.1) is 11.8 Å². The highest BCUT2D eigenvalue weighted by Gasteiger charge is 2.07. The van der Waals surface area contributed by atoms with Gasteiger partial charge in [0.15, 0.2) is 0 Å². The van der Waals surface area contributed by atoms with E-state index in [4.69, 9.17) is 4.84 Å². The molecule has 0 saturated carbocycles. The Morgan fingerprint density at radius 1 is 1.00 bits per heavy atom. The Labute approximate surface area is 108 Å². The molecule has 0 saturated heterocycles. The Hall–Kier alpha value is -2.30. The van der Waals surface area contributed by atoms with E-state index < -0.39 is 17.5 Å². The zero-order chi connectivity index (χ0) is 13.7. The number of rotatable bonds is 4. The minimum Gasteiger partial charge on any atom is -0.391 e. The predicted molar refractivity (Wildman–Crippen MR) is 65.1 cm³/mol. The molecule has 0 spiro atoms. The van der Waals surface area contributed by atoms with Crippen LogP contribution in [0.2, 0.25) is 0 Å². The Kier molecular flexibility index (Phi) is 4.18. The number of halogens is 3. The number of nitrogens with zero attached hydrogens (tertiary/aromatic N) is 1. The first kappa shape index (κ1) is 13.1. The molecule has 0 aliphatic heterocycles. The quantitative estimate of drug-likeness (QED) is 0.610. The molecule has 0 aromatic heterocycles. The van der Waals surface area contributed by atoms with Gasteiger partial charge in [-0.3, -0.25) is 0 Å². The van der Waals surface area contributed by atoms with Crippen molar-refractivity contribution in [2.45, 2.75) is 6.61 Å². The fourth-order valence-corrected chi connectivity index (χ4v) is 1.46. The van der Waals surface area contributed by atoms with Crippen LogP contribution in [0.4, 0.5) is 13.2 Å². The second kappa shape index (κ2) is 6.04. The summed E-state index contributed by atoms with van der Waals surface area (Å²) in [5.74, 6) is -1.79. The lowest BCUT2D eigenvalue weighted by Crippen LogP contribution is -1.96. The molecule has 0 bridgehead atoms. The third-order valence-corrected chi connectivity index (χ3v) is 2.40. The van der Waals surface area contributed by atoms with E-state index in [1.807, 2.05) is 0 Å². The maximum atomic E-state index is 13.2. The van der Waals surface area contributed by atoms with Gasteiger partial charge in [0.2, 0.25) is 0 Å². The first-order valence-electron chi connectivity index (χ1n) is 5.50.